The van der Waals surface area contributed by atoms with E-state index in [2.05, 4.69) is 48.8 Å². The van der Waals surface area contributed by atoms with E-state index < -0.39 is 0 Å². The Morgan fingerprint density at radius 2 is 1.72 bits per heavy atom. The summed E-state index contributed by atoms with van der Waals surface area (Å²) in [6, 6.07) is 10.2. The van der Waals surface area contributed by atoms with Crippen molar-refractivity contribution in [3.05, 3.63) is 72.3 Å². The van der Waals surface area contributed by atoms with Gasteiger partial charge in [0.1, 0.15) is 0 Å². The highest BCUT2D eigenvalue weighted by Crippen LogP contribution is 2.27. The predicted octanol–water partition coefficient (Wildman–Crippen LogP) is 5.49. The summed E-state index contributed by atoms with van der Waals surface area (Å²) in [5, 5.41) is 2.29. The highest BCUT2D eigenvalue weighted by atomic mass is 16.1. The lowest BCUT2D eigenvalue weighted by atomic mass is 9.94. The summed E-state index contributed by atoms with van der Waals surface area (Å²) in [6.45, 7) is 19.7. The maximum Gasteiger partial charge on any atom is 0.221 e. The van der Waals surface area contributed by atoms with Crippen molar-refractivity contribution in [3.63, 3.8) is 0 Å². The molecule has 0 unspecified atom stereocenters. The lowest BCUT2D eigenvalue weighted by Gasteiger charge is -2.14. The fourth-order valence-electron chi connectivity index (χ4n) is 2.24. The van der Waals surface area contributed by atoms with Crippen LogP contribution in [-0.4, -0.2) is 6.41 Å². The van der Waals surface area contributed by atoms with Crippen molar-refractivity contribution >= 4 is 29.3 Å². The molecule has 0 bridgehead atoms. The van der Waals surface area contributed by atoms with E-state index in [1.807, 2.05) is 52.0 Å². The summed E-state index contributed by atoms with van der Waals surface area (Å²) >= 11 is 0. The Kier molecular flexibility index (Phi) is 11.4. The van der Waals surface area contributed by atoms with Gasteiger partial charge in [0.2, 0.25) is 6.41 Å². The summed E-state index contributed by atoms with van der Waals surface area (Å²) in [6.07, 6.45) is 4.26. The van der Waals surface area contributed by atoms with Crippen LogP contribution in [0.1, 0.15) is 44.4 Å². The third-order valence-corrected chi connectivity index (χ3v) is 3.08. The number of rotatable bonds is 6. The maximum atomic E-state index is 10.3. The van der Waals surface area contributed by atoms with Crippen LogP contribution in [0.2, 0.25) is 0 Å². The molecule has 0 aliphatic carbocycles. The molecular weight excluding hydrogens is 308 g/mol. The second kappa shape index (κ2) is 12.7. The second-order valence-corrected chi connectivity index (χ2v) is 5.31. The molecule has 0 fully saturated rings. The van der Waals surface area contributed by atoms with Gasteiger partial charge in [-0.15, -0.1) is 6.58 Å². The number of carbonyl (C=O) groups excluding carboxylic acids is 1. The van der Waals surface area contributed by atoms with Gasteiger partial charge in [-0.3, -0.25) is 10.2 Å². The summed E-state index contributed by atoms with van der Waals surface area (Å²) < 4.78 is 0. The van der Waals surface area contributed by atoms with E-state index in [-0.39, 0.29) is 0 Å². The van der Waals surface area contributed by atoms with Crippen molar-refractivity contribution < 1.29 is 4.79 Å². The molecule has 0 spiro atoms. The van der Waals surface area contributed by atoms with E-state index in [1.54, 1.807) is 0 Å². The molecule has 1 amide bonds. The standard InChI is InChI=1S/C16H16N2O.C4H8.C2H6/c1-3-12-9-13-7-5-6-8-15(13)16(14(12)4-2)10-17-18-11-19;1-4(2)3;1-2/h3-9,11,17H,1-2,10H2,(H,18,19);1H2,2-3H3;1-2H3. The van der Waals surface area contributed by atoms with Crippen LogP contribution in [-0.2, 0) is 11.3 Å². The van der Waals surface area contributed by atoms with Crippen LogP contribution in [0.4, 0.5) is 0 Å². The van der Waals surface area contributed by atoms with E-state index in [1.165, 1.54) is 5.57 Å². The van der Waals surface area contributed by atoms with Gasteiger partial charge in [-0.2, -0.15) is 0 Å². The van der Waals surface area contributed by atoms with Gasteiger partial charge < -0.3 is 0 Å². The zero-order valence-electron chi connectivity index (χ0n) is 15.9. The lowest BCUT2D eigenvalue weighted by Crippen LogP contribution is -2.29. The van der Waals surface area contributed by atoms with Crippen molar-refractivity contribution in [1.29, 1.82) is 0 Å². The highest BCUT2D eigenvalue weighted by molar-refractivity contribution is 5.92. The van der Waals surface area contributed by atoms with E-state index in [9.17, 15) is 4.79 Å². The number of fused-ring (bicyclic) bond motifs is 1. The average molecular weight is 338 g/mol. The first kappa shape index (κ1) is 22.4. The number of amides is 1. The van der Waals surface area contributed by atoms with Gasteiger partial charge >= 0.3 is 0 Å². The minimum atomic E-state index is 0.530. The van der Waals surface area contributed by atoms with Gasteiger partial charge in [0, 0.05) is 6.54 Å². The van der Waals surface area contributed by atoms with Crippen molar-refractivity contribution in [2.75, 3.05) is 0 Å². The largest absolute Gasteiger partial charge is 0.294 e. The molecule has 0 atom stereocenters. The Morgan fingerprint density at radius 3 is 2.24 bits per heavy atom. The molecule has 3 heteroatoms. The fourth-order valence-corrected chi connectivity index (χ4v) is 2.24. The Bertz CT molecular complexity index is 713. The summed E-state index contributed by atoms with van der Waals surface area (Å²) in [4.78, 5) is 10.3. The Hall–Kier alpha value is -2.65. The van der Waals surface area contributed by atoms with Gasteiger partial charge in [-0.05, 0) is 47.4 Å². The van der Waals surface area contributed by atoms with Crippen LogP contribution in [0.5, 0.6) is 0 Å². The van der Waals surface area contributed by atoms with Crippen LogP contribution in [0.25, 0.3) is 22.9 Å². The van der Waals surface area contributed by atoms with E-state index in [0.29, 0.717) is 13.0 Å². The van der Waals surface area contributed by atoms with Crippen molar-refractivity contribution in [2.45, 2.75) is 34.2 Å². The molecule has 0 saturated carbocycles. The SMILES string of the molecule is C=C(C)C.C=Cc1cc2ccccc2c(CNNC=O)c1C=C.CC. The number of benzene rings is 2. The number of carbonyl (C=O) groups is 1. The number of hydrogen-bond acceptors (Lipinski definition) is 2. The van der Waals surface area contributed by atoms with Gasteiger partial charge in [0.25, 0.3) is 0 Å². The first-order valence-electron chi connectivity index (χ1n) is 8.38. The Balaban J connectivity index is 0.000000845. The van der Waals surface area contributed by atoms with Crippen molar-refractivity contribution in [3.8, 4) is 0 Å². The van der Waals surface area contributed by atoms with Crippen LogP contribution in [0, 0.1) is 0 Å². The molecule has 0 aromatic heterocycles. The normalized spacial score (nSPS) is 8.96. The van der Waals surface area contributed by atoms with E-state index in [4.69, 9.17) is 0 Å². The maximum absolute atomic E-state index is 10.3. The predicted molar refractivity (Wildman–Crippen MR) is 112 cm³/mol. The molecule has 0 saturated heterocycles. The fraction of sp³-hybridized carbons (Fsp3) is 0.227. The second-order valence-electron chi connectivity index (χ2n) is 5.31. The summed E-state index contributed by atoms with van der Waals surface area (Å²) in [5.74, 6) is 0. The molecular formula is C22H30N2O. The third kappa shape index (κ3) is 7.19. The zero-order chi connectivity index (χ0) is 19.2. The number of hydrogen-bond donors (Lipinski definition) is 2. The first-order chi connectivity index (χ1) is 12.0. The molecule has 2 aromatic carbocycles. The Labute approximate surface area is 152 Å². The third-order valence-electron chi connectivity index (χ3n) is 3.08. The molecule has 134 valence electrons. The highest BCUT2D eigenvalue weighted by Gasteiger charge is 2.09. The van der Waals surface area contributed by atoms with Crippen LogP contribution in [0.15, 0.2) is 55.6 Å². The van der Waals surface area contributed by atoms with Gasteiger partial charge in [-0.1, -0.05) is 69.0 Å². The monoisotopic (exact) mass is 338 g/mol. The molecule has 3 nitrogen and oxygen atoms in total. The lowest BCUT2D eigenvalue weighted by molar-refractivity contribution is -0.110. The van der Waals surface area contributed by atoms with E-state index in [0.717, 1.165) is 27.5 Å². The zero-order valence-corrected chi connectivity index (χ0v) is 15.9. The number of allylic oxidation sites excluding steroid dienone is 1. The van der Waals surface area contributed by atoms with Crippen molar-refractivity contribution in [1.82, 2.24) is 10.9 Å². The Morgan fingerprint density at radius 1 is 1.12 bits per heavy atom. The minimum absolute atomic E-state index is 0.530. The topological polar surface area (TPSA) is 41.1 Å². The van der Waals surface area contributed by atoms with Crippen molar-refractivity contribution in [2.24, 2.45) is 0 Å². The van der Waals surface area contributed by atoms with Gasteiger partial charge in [0.15, 0.2) is 0 Å². The molecule has 2 rings (SSSR count). The average Bonchev–Trinajstić information content (AvgIpc) is 2.62. The van der Waals surface area contributed by atoms with Gasteiger partial charge in [0.05, 0.1) is 0 Å². The molecule has 2 aromatic rings. The van der Waals surface area contributed by atoms with Crippen LogP contribution >= 0.6 is 0 Å². The minimum Gasteiger partial charge on any atom is -0.294 e. The van der Waals surface area contributed by atoms with Crippen LogP contribution in [0.3, 0.4) is 0 Å². The summed E-state index contributed by atoms with van der Waals surface area (Å²) in [7, 11) is 0. The quantitative estimate of drug-likeness (QED) is 0.317. The first-order valence-corrected chi connectivity index (χ1v) is 8.38. The van der Waals surface area contributed by atoms with E-state index >= 15 is 0 Å². The molecule has 0 heterocycles. The van der Waals surface area contributed by atoms with Crippen LogP contribution < -0.4 is 10.9 Å². The smallest absolute Gasteiger partial charge is 0.221 e. The molecule has 0 aliphatic heterocycles. The molecule has 2 N–H and O–H groups in total. The van der Waals surface area contributed by atoms with Gasteiger partial charge in [-0.25, -0.2) is 5.43 Å². The molecule has 0 aliphatic rings. The summed E-state index contributed by atoms with van der Waals surface area (Å²) in [5.41, 5.74) is 9.66. The number of hydrazine groups is 1. The number of nitrogens with one attached hydrogen (secondary N) is 2. The molecule has 25 heavy (non-hydrogen) atoms. The molecule has 0 radical (unpaired) electrons.